The Morgan fingerprint density at radius 1 is 0.806 bits per heavy atom. The summed E-state index contributed by atoms with van der Waals surface area (Å²) in [5.74, 6) is 1.18. The quantitative estimate of drug-likeness (QED) is 0.368. The van der Waals surface area contributed by atoms with E-state index in [1.165, 1.54) is 16.8 Å². The molecule has 0 aromatic heterocycles. The number of anilines is 2. The first-order valence-electron chi connectivity index (χ1n) is 13.4. The van der Waals surface area contributed by atoms with Crippen molar-refractivity contribution >= 4 is 17.3 Å². The number of fused-ring (bicyclic) bond motifs is 1. The number of piperazine rings is 1. The normalized spacial score (nSPS) is 16.2. The number of amides is 1. The molecule has 36 heavy (non-hydrogen) atoms. The molecule has 5 nitrogen and oxygen atoms in total. The Kier molecular flexibility index (Phi) is 7.87. The van der Waals surface area contributed by atoms with Crippen LogP contribution >= 0.6 is 0 Å². The molecule has 1 saturated heterocycles. The number of unbranched alkanes of at least 4 members (excludes halogenated alkanes) is 1. The van der Waals surface area contributed by atoms with Crippen LogP contribution in [0.2, 0.25) is 0 Å². The third kappa shape index (κ3) is 5.90. The zero-order chi connectivity index (χ0) is 24.7. The van der Waals surface area contributed by atoms with Crippen molar-refractivity contribution in [2.45, 2.75) is 45.7 Å². The van der Waals surface area contributed by atoms with Crippen LogP contribution in [-0.4, -0.2) is 43.6 Å². The highest BCUT2D eigenvalue weighted by atomic mass is 16.5. The fraction of sp³-hybridized carbons (Fsp3) is 0.387. The van der Waals surface area contributed by atoms with Gasteiger partial charge in [-0.25, -0.2) is 0 Å². The largest absolute Gasteiger partial charge is 0.494 e. The molecule has 1 fully saturated rings. The molecule has 2 aliphatic heterocycles. The summed E-state index contributed by atoms with van der Waals surface area (Å²) in [5.41, 5.74) is 6.13. The van der Waals surface area contributed by atoms with Gasteiger partial charge in [0.2, 0.25) is 5.91 Å². The lowest BCUT2D eigenvalue weighted by Gasteiger charge is -2.37. The summed E-state index contributed by atoms with van der Waals surface area (Å²) in [6.07, 6.45) is 3.66. The van der Waals surface area contributed by atoms with Crippen LogP contribution in [0.1, 0.15) is 42.9 Å². The van der Waals surface area contributed by atoms with E-state index in [0.29, 0.717) is 13.0 Å². The molecule has 188 valence electrons. The number of hydrogen-bond acceptors (Lipinski definition) is 4. The van der Waals surface area contributed by atoms with Gasteiger partial charge in [-0.05, 0) is 59.9 Å². The Labute approximate surface area is 215 Å². The second kappa shape index (κ2) is 11.6. The van der Waals surface area contributed by atoms with E-state index in [0.717, 1.165) is 75.6 Å². The van der Waals surface area contributed by atoms with Crippen molar-refractivity contribution in [3.8, 4) is 5.75 Å². The Hall–Kier alpha value is -3.31. The minimum atomic E-state index is 0.216. The van der Waals surface area contributed by atoms with E-state index >= 15 is 0 Å². The standard InChI is InChI=1S/C31H37N3O2/c1-2-3-21-36-29-13-9-26(10-14-29)23-32-17-19-33(20-18-32)28-12-15-30-27(22-28)11-16-31(35)34(30)24-25-7-5-4-6-8-25/h4-10,12-15,22H,2-3,11,16-21,23-24H2,1H3. The lowest BCUT2D eigenvalue weighted by molar-refractivity contribution is -0.119. The van der Waals surface area contributed by atoms with E-state index in [1.54, 1.807) is 0 Å². The molecular formula is C31H37N3O2. The van der Waals surface area contributed by atoms with Crippen LogP contribution in [0.15, 0.2) is 72.8 Å². The van der Waals surface area contributed by atoms with Gasteiger partial charge in [-0.3, -0.25) is 9.69 Å². The number of carbonyl (C=O) groups is 1. The first-order chi connectivity index (χ1) is 17.7. The summed E-state index contributed by atoms with van der Waals surface area (Å²) in [5, 5.41) is 0. The molecule has 0 atom stereocenters. The molecule has 0 bridgehead atoms. The van der Waals surface area contributed by atoms with E-state index < -0.39 is 0 Å². The van der Waals surface area contributed by atoms with Gasteiger partial charge in [0.1, 0.15) is 5.75 Å². The number of hydrogen-bond donors (Lipinski definition) is 0. The van der Waals surface area contributed by atoms with Gasteiger partial charge >= 0.3 is 0 Å². The predicted octanol–water partition coefficient (Wildman–Crippen LogP) is 5.67. The monoisotopic (exact) mass is 483 g/mol. The van der Waals surface area contributed by atoms with E-state index in [2.05, 4.69) is 71.3 Å². The number of carbonyl (C=O) groups excluding carboxylic acids is 1. The number of nitrogens with zero attached hydrogens (tertiary/aromatic N) is 3. The summed E-state index contributed by atoms with van der Waals surface area (Å²) in [7, 11) is 0. The van der Waals surface area contributed by atoms with Crippen LogP contribution < -0.4 is 14.5 Å². The first kappa shape index (κ1) is 24.4. The molecule has 0 spiro atoms. The molecule has 0 N–H and O–H groups in total. The van der Waals surface area contributed by atoms with Gasteiger partial charge in [-0.15, -0.1) is 0 Å². The van der Waals surface area contributed by atoms with Gasteiger partial charge in [0, 0.05) is 50.5 Å². The number of aryl methyl sites for hydroxylation is 1. The first-order valence-corrected chi connectivity index (χ1v) is 13.4. The molecule has 1 amide bonds. The molecule has 0 radical (unpaired) electrons. The van der Waals surface area contributed by atoms with E-state index in [1.807, 2.05) is 23.1 Å². The van der Waals surface area contributed by atoms with Crippen molar-refractivity contribution in [1.82, 2.24) is 4.90 Å². The summed E-state index contributed by atoms with van der Waals surface area (Å²) in [6, 6.07) is 25.5. The lowest BCUT2D eigenvalue weighted by Crippen LogP contribution is -2.46. The SMILES string of the molecule is CCCCOc1ccc(CN2CCN(c3ccc4c(c3)CCC(=O)N4Cc3ccccc3)CC2)cc1. The molecular weight excluding hydrogens is 446 g/mol. The molecule has 5 heteroatoms. The second-order valence-corrected chi connectivity index (χ2v) is 9.89. The highest BCUT2D eigenvalue weighted by Gasteiger charge is 2.26. The van der Waals surface area contributed by atoms with Gasteiger partial charge in [0.05, 0.1) is 13.2 Å². The van der Waals surface area contributed by atoms with Gasteiger partial charge in [-0.2, -0.15) is 0 Å². The molecule has 3 aromatic rings. The van der Waals surface area contributed by atoms with Crippen molar-refractivity contribution in [3.05, 3.63) is 89.5 Å². The van der Waals surface area contributed by atoms with Crippen LogP contribution in [0.25, 0.3) is 0 Å². The number of ether oxygens (including phenoxy) is 1. The van der Waals surface area contributed by atoms with E-state index in [4.69, 9.17) is 4.74 Å². The Morgan fingerprint density at radius 3 is 2.31 bits per heavy atom. The molecule has 2 aliphatic rings. The average Bonchev–Trinajstić information content (AvgIpc) is 2.92. The minimum Gasteiger partial charge on any atom is -0.494 e. The number of benzene rings is 3. The van der Waals surface area contributed by atoms with Crippen LogP contribution in [0, 0.1) is 0 Å². The second-order valence-electron chi connectivity index (χ2n) is 9.89. The Bertz CT molecular complexity index is 1140. The minimum absolute atomic E-state index is 0.216. The van der Waals surface area contributed by atoms with Gasteiger partial charge in [0.15, 0.2) is 0 Å². The molecule has 5 rings (SSSR count). The maximum Gasteiger partial charge on any atom is 0.227 e. The molecule has 0 aliphatic carbocycles. The van der Waals surface area contributed by atoms with E-state index in [9.17, 15) is 4.79 Å². The van der Waals surface area contributed by atoms with Crippen LogP contribution in [0.3, 0.4) is 0 Å². The van der Waals surface area contributed by atoms with Crippen LogP contribution in [-0.2, 0) is 24.3 Å². The van der Waals surface area contributed by atoms with Gasteiger partial charge in [0.25, 0.3) is 0 Å². The zero-order valence-corrected chi connectivity index (χ0v) is 21.4. The average molecular weight is 484 g/mol. The van der Waals surface area contributed by atoms with E-state index in [-0.39, 0.29) is 5.91 Å². The molecule has 2 heterocycles. The maximum atomic E-state index is 12.7. The third-order valence-corrected chi connectivity index (χ3v) is 7.28. The summed E-state index contributed by atoms with van der Waals surface area (Å²) in [6.45, 7) is 8.71. The fourth-order valence-electron chi connectivity index (χ4n) is 5.13. The molecule has 0 unspecified atom stereocenters. The van der Waals surface area contributed by atoms with Crippen molar-refractivity contribution in [1.29, 1.82) is 0 Å². The molecule has 3 aromatic carbocycles. The Morgan fingerprint density at radius 2 is 1.56 bits per heavy atom. The van der Waals surface area contributed by atoms with Gasteiger partial charge < -0.3 is 14.5 Å². The summed E-state index contributed by atoms with van der Waals surface area (Å²) < 4.78 is 5.79. The highest BCUT2D eigenvalue weighted by Crippen LogP contribution is 2.33. The van der Waals surface area contributed by atoms with Gasteiger partial charge in [-0.1, -0.05) is 55.8 Å². The fourth-order valence-corrected chi connectivity index (χ4v) is 5.13. The van der Waals surface area contributed by atoms with Crippen LogP contribution in [0.4, 0.5) is 11.4 Å². The van der Waals surface area contributed by atoms with Crippen molar-refractivity contribution in [3.63, 3.8) is 0 Å². The third-order valence-electron chi connectivity index (χ3n) is 7.28. The Balaban J connectivity index is 1.17. The summed E-state index contributed by atoms with van der Waals surface area (Å²) >= 11 is 0. The lowest BCUT2D eigenvalue weighted by atomic mass is 9.99. The van der Waals surface area contributed by atoms with Crippen LogP contribution in [0.5, 0.6) is 5.75 Å². The zero-order valence-electron chi connectivity index (χ0n) is 21.4. The van der Waals surface area contributed by atoms with Crippen molar-refractivity contribution in [2.75, 3.05) is 42.6 Å². The molecule has 0 saturated carbocycles. The topological polar surface area (TPSA) is 36.0 Å². The van der Waals surface area contributed by atoms with Crippen molar-refractivity contribution < 1.29 is 9.53 Å². The summed E-state index contributed by atoms with van der Waals surface area (Å²) in [4.78, 5) is 19.7. The maximum absolute atomic E-state index is 12.7. The highest BCUT2D eigenvalue weighted by molar-refractivity contribution is 5.96. The smallest absolute Gasteiger partial charge is 0.227 e. The predicted molar refractivity (Wildman–Crippen MR) is 147 cm³/mol. The van der Waals surface area contributed by atoms with Crippen molar-refractivity contribution in [2.24, 2.45) is 0 Å². The number of rotatable bonds is 9.